The van der Waals surface area contributed by atoms with Crippen molar-refractivity contribution in [3.63, 3.8) is 0 Å². The largest absolute Gasteiger partial charge is 0.726 e. The van der Waals surface area contributed by atoms with Gasteiger partial charge in [-0.3, -0.25) is 8.98 Å². The zero-order valence-corrected chi connectivity index (χ0v) is 28.7. The second kappa shape index (κ2) is 30.3. The predicted molar refractivity (Wildman–Crippen MR) is 172 cm³/mol. The molecule has 0 aromatic carbocycles. The summed E-state index contributed by atoms with van der Waals surface area (Å²) in [5, 5.41) is 24.4. The van der Waals surface area contributed by atoms with Gasteiger partial charge in [-0.05, 0) is 20.3 Å². The molecule has 2 unspecified atom stereocenters. The van der Waals surface area contributed by atoms with E-state index in [0.29, 0.717) is 30.3 Å². The first-order valence-corrected chi connectivity index (χ1v) is 18.2. The highest BCUT2D eigenvalue weighted by atomic mass is 32.3. The van der Waals surface area contributed by atoms with Crippen LogP contribution < -0.4 is 10.6 Å². The van der Waals surface area contributed by atoms with Crippen molar-refractivity contribution in [2.75, 3.05) is 39.3 Å². The maximum absolute atomic E-state index is 12.6. The first kappa shape index (κ1) is 43.4. The summed E-state index contributed by atoms with van der Waals surface area (Å²) in [5.41, 5.74) is 0. The fraction of sp³-hybridized carbons (Fsp3) is 0.906. The fourth-order valence-electron chi connectivity index (χ4n) is 5.18. The summed E-state index contributed by atoms with van der Waals surface area (Å²) in [5.74, 6) is 0.127. The van der Waals surface area contributed by atoms with Crippen molar-refractivity contribution in [3.8, 4) is 12.1 Å². The van der Waals surface area contributed by atoms with Gasteiger partial charge < -0.3 is 19.7 Å². The Morgan fingerprint density at radius 1 is 0.791 bits per heavy atom. The van der Waals surface area contributed by atoms with Gasteiger partial charge in [-0.1, -0.05) is 96.8 Å². The van der Waals surface area contributed by atoms with Crippen molar-refractivity contribution in [1.29, 1.82) is 10.5 Å². The van der Waals surface area contributed by atoms with Gasteiger partial charge in [0, 0.05) is 32.9 Å². The summed E-state index contributed by atoms with van der Waals surface area (Å²) in [6.07, 6.45) is 21.4. The van der Waals surface area contributed by atoms with Gasteiger partial charge >= 0.3 is 0 Å². The van der Waals surface area contributed by atoms with Gasteiger partial charge in [0.2, 0.25) is 16.3 Å². The molecule has 0 aliphatic carbocycles. The number of hydrogen-bond acceptors (Lipinski definition) is 8. The first-order chi connectivity index (χ1) is 20.6. The van der Waals surface area contributed by atoms with E-state index in [1.165, 1.54) is 90.4 Å². The van der Waals surface area contributed by atoms with Crippen LogP contribution in [-0.2, 0) is 19.4 Å². The molecule has 11 heteroatoms. The van der Waals surface area contributed by atoms with Crippen LogP contribution in [0, 0.1) is 22.7 Å². The number of rotatable bonds is 28. The van der Waals surface area contributed by atoms with E-state index in [2.05, 4.69) is 47.7 Å². The fourth-order valence-corrected chi connectivity index (χ4v) is 5.46. The Kier molecular flexibility index (Phi) is 30.5. The van der Waals surface area contributed by atoms with Crippen LogP contribution in [-0.4, -0.2) is 68.9 Å². The molecule has 43 heavy (non-hydrogen) atoms. The highest BCUT2D eigenvalue weighted by Gasteiger charge is 2.32. The molecular weight excluding hydrogens is 566 g/mol. The quantitative estimate of drug-likeness (QED) is 0.0329. The van der Waals surface area contributed by atoms with Crippen molar-refractivity contribution in [2.24, 2.45) is 0 Å². The Morgan fingerprint density at radius 2 is 1.28 bits per heavy atom. The van der Waals surface area contributed by atoms with Gasteiger partial charge in [-0.25, -0.2) is 8.42 Å². The van der Waals surface area contributed by atoms with Crippen LogP contribution in [0.2, 0.25) is 0 Å². The number of nitrogens with zero attached hydrogens (tertiary/aromatic N) is 3. The van der Waals surface area contributed by atoms with Crippen molar-refractivity contribution < 1.29 is 26.4 Å². The third-order valence-corrected chi connectivity index (χ3v) is 8.43. The van der Waals surface area contributed by atoms with E-state index in [4.69, 9.17) is 10.5 Å². The molecule has 0 heterocycles. The smallest absolute Gasteiger partial charge is 0.224 e. The maximum atomic E-state index is 12.6. The molecule has 2 atom stereocenters. The average Bonchev–Trinajstić information content (AvgIpc) is 2.96. The third kappa shape index (κ3) is 28.8. The molecule has 10 nitrogen and oxygen atoms in total. The zero-order valence-electron chi connectivity index (χ0n) is 27.8. The summed E-state index contributed by atoms with van der Waals surface area (Å²) >= 11 is 0. The Morgan fingerprint density at radius 3 is 1.67 bits per heavy atom. The van der Waals surface area contributed by atoms with Crippen LogP contribution >= 0.6 is 0 Å². The van der Waals surface area contributed by atoms with Crippen molar-refractivity contribution in [2.45, 2.75) is 149 Å². The molecule has 0 aromatic heterocycles. The molecule has 0 spiro atoms. The Hall–Kier alpha value is -1.76. The molecular formula is C32H63N5O5S. The van der Waals surface area contributed by atoms with E-state index < -0.39 is 10.4 Å². The number of quaternary nitrogens is 1. The predicted octanol–water partition coefficient (Wildman–Crippen LogP) is 6.45. The lowest BCUT2D eigenvalue weighted by Gasteiger charge is -2.42. The normalized spacial score (nSPS) is 13.2. The molecule has 0 saturated heterocycles. The van der Waals surface area contributed by atoms with E-state index in [0.717, 1.165) is 39.0 Å². The summed E-state index contributed by atoms with van der Waals surface area (Å²) < 4.78 is 32.7. The molecule has 0 rings (SSSR count). The standard InChI is InChI=1S/C30H57N5O.C2H6O4S/c1-4-6-7-8-9-10-11-12-13-14-15-16-17-18-19-22-30(36)34-29(3)35(5-2,27-21-24-32)28-26-33-25-20-23-31;1-2-6-7(3,4)5/h29,33H,4-22,25-28H2,1-3H3;2H2,1H3,(H,3,4,5). The van der Waals surface area contributed by atoms with Crippen LogP contribution in [0.15, 0.2) is 0 Å². The van der Waals surface area contributed by atoms with Crippen molar-refractivity contribution in [3.05, 3.63) is 0 Å². The Balaban J connectivity index is 0. The van der Waals surface area contributed by atoms with Crippen LogP contribution in [0.5, 0.6) is 0 Å². The molecule has 2 N–H and O–H groups in total. The number of amides is 1. The molecule has 1 amide bonds. The third-order valence-electron chi connectivity index (χ3n) is 7.91. The first-order valence-electron chi connectivity index (χ1n) is 16.8. The second-order valence-corrected chi connectivity index (χ2v) is 12.4. The number of carbonyl (C=O) groups is 1. The summed E-state index contributed by atoms with van der Waals surface area (Å²) in [6.45, 7) is 11.7. The molecule has 0 fully saturated rings. The van der Waals surface area contributed by atoms with E-state index in [1.54, 1.807) is 0 Å². The van der Waals surface area contributed by atoms with Crippen LogP contribution in [0.4, 0.5) is 0 Å². The van der Waals surface area contributed by atoms with Gasteiger partial charge in [-0.2, -0.15) is 10.5 Å². The monoisotopic (exact) mass is 629 g/mol. The molecule has 0 aromatic rings. The Bertz CT molecular complexity index is 844. The minimum absolute atomic E-state index is 0.0232. The maximum Gasteiger partial charge on any atom is 0.224 e. The number of hydrogen-bond donors (Lipinski definition) is 2. The second-order valence-electron chi connectivity index (χ2n) is 11.3. The lowest BCUT2D eigenvalue weighted by Crippen LogP contribution is -2.63. The molecule has 0 bridgehead atoms. The van der Waals surface area contributed by atoms with Gasteiger partial charge in [-0.15, -0.1) is 0 Å². The van der Waals surface area contributed by atoms with Crippen LogP contribution in [0.1, 0.15) is 143 Å². The van der Waals surface area contributed by atoms with E-state index in [-0.39, 0.29) is 18.7 Å². The minimum atomic E-state index is -4.42. The average molecular weight is 630 g/mol. The highest BCUT2D eigenvalue weighted by molar-refractivity contribution is 7.80. The molecule has 0 saturated carbocycles. The van der Waals surface area contributed by atoms with Gasteiger partial charge in [0.05, 0.1) is 44.8 Å². The number of unbranched alkanes of at least 4 members (excludes halogenated alkanes) is 14. The summed E-state index contributed by atoms with van der Waals surface area (Å²) in [7, 11) is -4.42. The Labute approximate surface area is 264 Å². The number of carbonyl (C=O) groups excluding carboxylic acids is 1. The van der Waals surface area contributed by atoms with Crippen LogP contribution in [0.3, 0.4) is 0 Å². The highest BCUT2D eigenvalue weighted by Crippen LogP contribution is 2.15. The summed E-state index contributed by atoms with van der Waals surface area (Å²) in [4.78, 5) is 12.6. The SMILES string of the molecule is CCCCCCCCCCCCCCCCCC(=O)NC(C)[N+](CC)(CCC#N)CCNCCC#N.CCOS(=O)(=O)[O-]. The molecule has 252 valence electrons. The number of likely N-dealkylation sites (N-methyl/N-ethyl adjacent to an activating group) is 1. The van der Waals surface area contributed by atoms with E-state index >= 15 is 0 Å². The zero-order chi connectivity index (χ0) is 32.7. The van der Waals surface area contributed by atoms with E-state index in [1.807, 2.05) is 0 Å². The van der Waals surface area contributed by atoms with Crippen LogP contribution in [0.25, 0.3) is 0 Å². The lowest BCUT2D eigenvalue weighted by molar-refractivity contribution is -0.948. The van der Waals surface area contributed by atoms with Gasteiger partial charge in [0.15, 0.2) is 6.17 Å². The van der Waals surface area contributed by atoms with Gasteiger partial charge in [0.25, 0.3) is 0 Å². The number of nitrogens with one attached hydrogen (secondary N) is 2. The summed E-state index contributed by atoms with van der Waals surface area (Å²) in [6, 6.07) is 4.42. The van der Waals surface area contributed by atoms with Crippen molar-refractivity contribution >= 4 is 16.3 Å². The van der Waals surface area contributed by atoms with Crippen molar-refractivity contribution in [1.82, 2.24) is 10.6 Å². The molecule has 0 radical (unpaired) electrons. The van der Waals surface area contributed by atoms with Gasteiger partial charge in [0.1, 0.15) is 0 Å². The number of nitriles is 2. The van der Waals surface area contributed by atoms with E-state index in [9.17, 15) is 17.8 Å². The molecule has 0 aliphatic heterocycles. The lowest BCUT2D eigenvalue weighted by atomic mass is 10.0. The molecule has 0 aliphatic rings. The minimum Gasteiger partial charge on any atom is -0.726 e. The topological polar surface area (TPSA) is 155 Å².